The molecule has 12 rings (SSSR count). The molecule has 6 unspecified atom stereocenters. The molecule has 0 saturated heterocycles. The highest BCUT2D eigenvalue weighted by Crippen LogP contribution is 2.37. The summed E-state index contributed by atoms with van der Waals surface area (Å²) < 4.78 is 0. The van der Waals surface area contributed by atoms with E-state index in [1.54, 1.807) is 12.1 Å². The molecule has 18 heteroatoms. The fourth-order valence-corrected chi connectivity index (χ4v) is 23.7. The molecule has 0 aliphatic carbocycles. The maximum absolute atomic E-state index is 10.9. The van der Waals surface area contributed by atoms with Gasteiger partial charge in [0, 0.05) is 76.7 Å². The monoisotopic (exact) mass is 1920 g/mol. The molecule has 6 atom stereocenters. The van der Waals surface area contributed by atoms with Crippen molar-refractivity contribution in [2.75, 3.05) is 81.6 Å². The van der Waals surface area contributed by atoms with E-state index >= 15 is 0 Å². The maximum atomic E-state index is 10.9. The maximum Gasteiger partial charge on any atom is 0.127 e. The van der Waals surface area contributed by atoms with Gasteiger partial charge in [0.05, 0.1) is 0 Å². The summed E-state index contributed by atoms with van der Waals surface area (Å²) in [7, 11) is 15.8. The largest absolute Gasteiger partial charge is 0.507 e. The van der Waals surface area contributed by atoms with E-state index in [1.807, 2.05) is 69.3 Å². The lowest BCUT2D eigenvalue weighted by Crippen LogP contribution is -2.23. The fraction of sp³-hybridized carbons (Fsp3) is 0.379. The third-order valence-corrected chi connectivity index (χ3v) is 34.3. The third-order valence-electron chi connectivity index (χ3n) is 24.6. The van der Waals surface area contributed by atoms with Gasteiger partial charge >= 0.3 is 0 Å². The number of rotatable bonds is 30. The molecule has 0 aromatic heterocycles. The molecular weight excluding hydrogens is 1760 g/mol. The third kappa shape index (κ3) is 34.1. The van der Waals surface area contributed by atoms with Crippen LogP contribution in [0.5, 0.6) is 34.5 Å². The Bertz CT molecular complexity index is 5680. The van der Waals surface area contributed by atoms with Gasteiger partial charge in [0.25, 0.3) is 0 Å². The molecule has 12 nitrogen and oxygen atoms in total. The number of nitrogens with zero attached hydrogens (tertiary/aromatic N) is 6. The number of benzene rings is 12. The number of para-hydroxylation sites is 2. The summed E-state index contributed by atoms with van der Waals surface area (Å²) >= 11 is 0. The molecule has 0 saturated carbocycles. The van der Waals surface area contributed by atoms with E-state index in [2.05, 4.69) is 363 Å². The van der Waals surface area contributed by atoms with E-state index in [-0.39, 0.29) is 10.8 Å². The second kappa shape index (κ2) is 54.2. The van der Waals surface area contributed by atoms with Crippen molar-refractivity contribution in [3.8, 4) is 34.5 Å². The van der Waals surface area contributed by atoms with Gasteiger partial charge < -0.3 is 60.0 Å². The summed E-state index contributed by atoms with van der Waals surface area (Å²) in [6.45, 7) is 63.2. The topological polar surface area (TPSA) is 141 Å². The lowest BCUT2D eigenvalue weighted by molar-refractivity contribution is 0.346. The lowest BCUT2D eigenvalue weighted by Gasteiger charge is -2.24. The van der Waals surface area contributed by atoms with Crippen molar-refractivity contribution in [3.05, 3.63) is 318 Å². The first-order valence-corrected chi connectivity index (χ1v) is 53.4. The highest BCUT2D eigenvalue weighted by Gasteiger charge is 2.25. The molecular formula is C116H160N6O6P6. The minimum Gasteiger partial charge on any atom is -0.507 e. The zero-order valence-electron chi connectivity index (χ0n) is 86.5. The molecule has 12 aromatic rings. The molecule has 0 spiro atoms. The Balaban J connectivity index is 0.000000220. The van der Waals surface area contributed by atoms with E-state index < -0.39 is 0 Å². The summed E-state index contributed by atoms with van der Waals surface area (Å²) in [6, 6.07) is 71.2. The normalized spacial score (nSPS) is 12.0. The number of aryl methyl sites for hydroxylation is 12. The SMILES string of the molecule is CCN(C)Cc1cccc(C)c1Pc1cc(C(C)(C)C)cc(C)c1O.CCN(C)Cc1cccc(C)c1Pc1cc(C)cc(C(C)(C)C)c1O.CCN(C)Cc1cccc(C)c1Pc1cc(C)cc(C)c1O.CCN(C)Cc1cccc(C)c1Pc1cc(C)ccc1O.CCN(C)Cc1cccc(C)c1Pc1cccc(C)c1O.CCN(C)Cc1cccc(C)c1Pc1ccccc1O. The van der Waals surface area contributed by atoms with Gasteiger partial charge in [-0.3, -0.25) is 0 Å². The average Bonchev–Trinajstić information content (AvgIpc) is 0.800. The van der Waals surface area contributed by atoms with Crippen molar-refractivity contribution < 1.29 is 30.6 Å². The van der Waals surface area contributed by atoms with E-state index in [9.17, 15) is 30.6 Å². The summed E-state index contributed by atoms with van der Waals surface area (Å²) in [5.74, 6) is 2.59. The van der Waals surface area contributed by atoms with Crippen LogP contribution >= 0.6 is 51.5 Å². The molecule has 0 bridgehead atoms. The van der Waals surface area contributed by atoms with Crippen molar-refractivity contribution in [2.45, 2.75) is 216 Å². The van der Waals surface area contributed by atoms with Crippen molar-refractivity contribution in [1.29, 1.82) is 0 Å². The zero-order chi connectivity index (χ0) is 99.2. The fourth-order valence-electron chi connectivity index (χ4n) is 15.4. The number of hydrogen-bond acceptors (Lipinski definition) is 12. The minimum atomic E-state index is -0.0632. The zero-order valence-corrected chi connectivity index (χ0v) is 92.5. The van der Waals surface area contributed by atoms with Crippen molar-refractivity contribution in [1.82, 2.24) is 29.4 Å². The minimum absolute atomic E-state index is 0.0632. The van der Waals surface area contributed by atoms with E-state index in [0.29, 0.717) is 86.0 Å². The van der Waals surface area contributed by atoms with Gasteiger partial charge in [-0.15, -0.1) is 0 Å². The van der Waals surface area contributed by atoms with Crippen molar-refractivity contribution >= 4 is 115 Å². The summed E-state index contributed by atoms with van der Waals surface area (Å²) in [6.07, 6.45) is 0. The molecule has 0 aliphatic rings. The first-order valence-electron chi connectivity index (χ1n) is 47.4. The molecule has 0 heterocycles. The number of hydrogen-bond donors (Lipinski definition) is 6. The van der Waals surface area contributed by atoms with Crippen LogP contribution in [0.25, 0.3) is 0 Å². The highest BCUT2D eigenvalue weighted by atomic mass is 31.1. The Morgan fingerprint density at radius 3 is 0.821 bits per heavy atom. The molecule has 720 valence electrons. The van der Waals surface area contributed by atoms with Gasteiger partial charge in [-0.05, 0) is 344 Å². The van der Waals surface area contributed by atoms with Gasteiger partial charge in [-0.25, -0.2) is 0 Å². The first kappa shape index (κ1) is 113. The Labute approximate surface area is 819 Å². The summed E-state index contributed by atoms with van der Waals surface area (Å²) in [5, 5.41) is 76.7. The standard InChI is InChI=1S/2C22H32NOP.C19H26NOP.2C18H24NOP.C17H22NOP/c1-8-23(7)14-17-11-9-10-16(3)21(17)25-19-13-15(2)12-18(20(19)24)22(4,5)6;1-8-23(7)14-17-11-9-10-15(2)21(17)25-19-13-18(22(4,5)6)12-16(3)20(19)24;1-6-20(5)12-16-9-7-8-14(3)19(16)22-17-11-13(2)10-15(4)18(17)21;1-5-19(4)12-15-10-6-9-14(3)18(15)21-16-11-7-8-13(2)17(16)20;1-5-19(4)12-15-8-6-7-14(3)18(15)21-17-11-13(2)9-10-16(17)20;1-4-18(3)12-14-9-7-8-13(2)17(14)20-16-11-6-5-10-15(16)19/h2*9-13,24-25H,8,14H2,1-7H3;7-11,21-22H,6,12H2,1-5H3;2*6-11,20-21H,5,12H2,1-4H3;5-11,19-20H,4,12H2,1-3H3. The predicted octanol–water partition coefficient (Wildman–Crippen LogP) is 21.1. The van der Waals surface area contributed by atoms with Crippen LogP contribution in [0.1, 0.15) is 194 Å². The van der Waals surface area contributed by atoms with Crippen LogP contribution in [0.3, 0.4) is 0 Å². The highest BCUT2D eigenvalue weighted by molar-refractivity contribution is 7.57. The second-order valence-electron chi connectivity index (χ2n) is 38.3. The molecule has 12 aromatic carbocycles. The average molecular weight is 1920 g/mol. The van der Waals surface area contributed by atoms with Gasteiger partial charge in [0.1, 0.15) is 34.5 Å². The molecule has 0 fully saturated rings. The number of phenols is 6. The Morgan fingerprint density at radius 1 is 0.224 bits per heavy atom. The summed E-state index contributed by atoms with van der Waals surface area (Å²) in [4.78, 5) is 13.9. The van der Waals surface area contributed by atoms with Gasteiger partial charge in [-0.1, -0.05) is 310 Å². The molecule has 0 radical (unpaired) electrons. The molecule has 134 heavy (non-hydrogen) atoms. The number of phenolic OH excluding ortho intramolecular Hbond substituents is 6. The lowest BCUT2D eigenvalue weighted by atomic mass is 9.85. The van der Waals surface area contributed by atoms with Crippen molar-refractivity contribution in [3.63, 3.8) is 0 Å². The smallest absolute Gasteiger partial charge is 0.127 e. The Morgan fingerprint density at radius 2 is 0.485 bits per heavy atom. The Hall–Kier alpha value is -8.22. The van der Waals surface area contributed by atoms with E-state index in [0.717, 1.165) is 133 Å². The molecule has 6 N–H and O–H groups in total. The van der Waals surface area contributed by atoms with Crippen LogP contribution < -0.4 is 63.7 Å². The van der Waals surface area contributed by atoms with Crippen LogP contribution in [0.15, 0.2) is 206 Å². The van der Waals surface area contributed by atoms with Crippen LogP contribution in [-0.4, -0.2) is 142 Å². The van der Waals surface area contributed by atoms with Crippen LogP contribution in [0.2, 0.25) is 0 Å². The molecule has 0 aliphatic heterocycles. The van der Waals surface area contributed by atoms with Crippen LogP contribution in [0.4, 0.5) is 0 Å². The van der Waals surface area contributed by atoms with Crippen LogP contribution in [-0.2, 0) is 50.1 Å². The van der Waals surface area contributed by atoms with Crippen LogP contribution in [0, 0.1) is 83.1 Å². The quantitative estimate of drug-likeness (QED) is 0.0239. The van der Waals surface area contributed by atoms with Gasteiger partial charge in [0.2, 0.25) is 0 Å². The predicted molar refractivity (Wildman–Crippen MR) is 599 cm³/mol. The Kier molecular flexibility index (Phi) is 45.6. The number of aromatic hydroxyl groups is 6. The molecule has 0 amide bonds. The van der Waals surface area contributed by atoms with Gasteiger partial charge in [-0.2, -0.15) is 0 Å². The van der Waals surface area contributed by atoms with Crippen molar-refractivity contribution in [2.24, 2.45) is 0 Å². The van der Waals surface area contributed by atoms with E-state index in [4.69, 9.17) is 0 Å². The van der Waals surface area contributed by atoms with E-state index in [1.165, 1.54) is 121 Å². The van der Waals surface area contributed by atoms with Gasteiger partial charge in [0.15, 0.2) is 0 Å². The first-order chi connectivity index (χ1) is 63.3. The summed E-state index contributed by atoms with van der Waals surface area (Å²) in [5.41, 5.74) is 24.8. The second-order valence-corrected chi connectivity index (χ2v) is 46.0.